The third-order valence-electron chi connectivity index (χ3n) is 1.67. The molecule has 1 rings (SSSR count). The lowest BCUT2D eigenvalue weighted by atomic mass is 10.2. The van der Waals surface area contributed by atoms with E-state index in [0.717, 1.165) is 5.82 Å². The zero-order valence-electron chi connectivity index (χ0n) is 7.36. The number of aliphatic hydroxyl groups excluding tert-OH is 1. The summed E-state index contributed by atoms with van der Waals surface area (Å²) >= 11 is 0. The van der Waals surface area contributed by atoms with E-state index in [2.05, 4.69) is 10.1 Å². The molecule has 1 heterocycles. The third kappa shape index (κ3) is 1.80. The van der Waals surface area contributed by atoms with E-state index in [1.165, 1.54) is 0 Å². The van der Waals surface area contributed by atoms with Crippen molar-refractivity contribution >= 4 is 0 Å². The number of aromatic nitrogens is 3. The van der Waals surface area contributed by atoms with Gasteiger partial charge in [0.25, 0.3) is 0 Å². The molecule has 0 bridgehead atoms. The van der Waals surface area contributed by atoms with Crippen molar-refractivity contribution in [2.45, 2.75) is 19.4 Å². The minimum Gasteiger partial charge on any atom is -0.396 e. The minimum absolute atomic E-state index is 0.0765. The molecule has 12 heavy (non-hydrogen) atoms. The summed E-state index contributed by atoms with van der Waals surface area (Å²) in [5.74, 6) is 1.43. The van der Waals surface area contributed by atoms with Gasteiger partial charge in [0.2, 0.25) is 0 Å². The highest BCUT2D eigenvalue weighted by Gasteiger charge is 2.11. The topological polar surface area (TPSA) is 77.0 Å². The first-order valence-corrected chi connectivity index (χ1v) is 3.89. The van der Waals surface area contributed by atoms with E-state index in [1.54, 1.807) is 11.7 Å². The maximum Gasteiger partial charge on any atom is 0.147 e. The second-order valence-electron chi connectivity index (χ2n) is 2.76. The summed E-state index contributed by atoms with van der Waals surface area (Å²) in [6.07, 6.45) is 0.520. The summed E-state index contributed by atoms with van der Waals surface area (Å²) in [5, 5.41) is 12.7. The highest BCUT2D eigenvalue weighted by Crippen LogP contribution is 2.09. The van der Waals surface area contributed by atoms with Gasteiger partial charge in [0, 0.05) is 13.7 Å². The first-order valence-electron chi connectivity index (χ1n) is 3.89. The molecule has 0 aliphatic carbocycles. The number of hydrogen-bond acceptors (Lipinski definition) is 4. The van der Waals surface area contributed by atoms with E-state index in [0.29, 0.717) is 12.2 Å². The molecule has 0 spiro atoms. The summed E-state index contributed by atoms with van der Waals surface area (Å²) in [4.78, 5) is 4.14. The normalized spacial score (nSPS) is 13.3. The van der Waals surface area contributed by atoms with Crippen LogP contribution in [0.25, 0.3) is 0 Å². The monoisotopic (exact) mass is 170 g/mol. The molecule has 1 unspecified atom stereocenters. The van der Waals surface area contributed by atoms with Crippen LogP contribution in [0.1, 0.15) is 24.1 Å². The first-order chi connectivity index (χ1) is 5.65. The summed E-state index contributed by atoms with van der Waals surface area (Å²) in [7, 11) is 1.80. The Morgan fingerprint density at radius 2 is 2.33 bits per heavy atom. The van der Waals surface area contributed by atoms with E-state index in [1.807, 2.05) is 6.92 Å². The lowest BCUT2D eigenvalue weighted by Crippen LogP contribution is -2.17. The molecule has 0 radical (unpaired) electrons. The molecule has 0 fully saturated rings. The average Bonchev–Trinajstić information content (AvgIpc) is 2.30. The Morgan fingerprint density at radius 3 is 2.75 bits per heavy atom. The number of aryl methyl sites for hydroxylation is 2. The Kier molecular flexibility index (Phi) is 2.78. The SMILES string of the molecule is Cc1nc(C(N)CCO)n(C)n1. The fraction of sp³-hybridized carbons (Fsp3) is 0.714. The van der Waals surface area contributed by atoms with Crippen molar-refractivity contribution in [2.24, 2.45) is 12.8 Å². The summed E-state index contributed by atoms with van der Waals surface area (Å²) < 4.78 is 1.65. The molecular formula is C7H14N4O. The summed E-state index contributed by atoms with van der Waals surface area (Å²) in [5.41, 5.74) is 5.74. The maximum absolute atomic E-state index is 8.66. The number of hydrogen-bond donors (Lipinski definition) is 2. The molecule has 3 N–H and O–H groups in total. The van der Waals surface area contributed by atoms with E-state index in [9.17, 15) is 0 Å². The van der Waals surface area contributed by atoms with Gasteiger partial charge in [0.15, 0.2) is 0 Å². The van der Waals surface area contributed by atoms with E-state index < -0.39 is 0 Å². The van der Waals surface area contributed by atoms with Crippen LogP contribution in [0, 0.1) is 6.92 Å². The lowest BCUT2D eigenvalue weighted by molar-refractivity contribution is 0.273. The Bertz CT molecular complexity index is 258. The van der Waals surface area contributed by atoms with Crippen LogP contribution in [0.4, 0.5) is 0 Å². The predicted molar refractivity (Wildman–Crippen MR) is 44.4 cm³/mol. The molecule has 1 aromatic heterocycles. The van der Waals surface area contributed by atoms with Gasteiger partial charge in [-0.3, -0.25) is 4.68 Å². The standard InChI is InChI=1S/C7H14N4O/c1-5-9-7(11(2)10-5)6(8)3-4-12/h6,12H,3-4,8H2,1-2H3. The molecule has 1 aromatic rings. The Hall–Kier alpha value is -0.940. The van der Waals surface area contributed by atoms with Crippen molar-refractivity contribution in [3.63, 3.8) is 0 Å². The van der Waals surface area contributed by atoms with Crippen LogP contribution in [-0.2, 0) is 7.05 Å². The average molecular weight is 170 g/mol. The fourth-order valence-corrected chi connectivity index (χ4v) is 1.12. The molecule has 0 aliphatic heterocycles. The second-order valence-corrected chi connectivity index (χ2v) is 2.76. The van der Waals surface area contributed by atoms with Crippen molar-refractivity contribution in [1.82, 2.24) is 14.8 Å². The van der Waals surface area contributed by atoms with Gasteiger partial charge in [0.05, 0.1) is 6.04 Å². The number of nitrogens with two attached hydrogens (primary N) is 1. The van der Waals surface area contributed by atoms with E-state index in [4.69, 9.17) is 10.8 Å². The van der Waals surface area contributed by atoms with E-state index in [-0.39, 0.29) is 12.6 Å². The quantitative estimate of drug-likeness (QED) is 0.641. The van der Waals surface area contributed by atoms with Gasteiger partial charge >= 0.3 is 0 Å². The predicted octanol–water partition coefficient (Wildman–Crippen LogP) is -0.494. The van der Waals surface area contributed by atoms with Gasteiger partial charge in [-0.25, -0.2) is 4.98 Å². The number of nitrogens with zero attached hydrogens (tertiary/aromatic N) is 3. The van der Waals surface area contributed by atoms with Crippen LogP contribution < -0.4 is 5.73 Å². The zero-order chi connectivity index (χ0) is 9.14. The van der Waals surface area contributed by atoms with Gasteiger partial charge in [-0.05, 0) is 13.3 Å². The minimum atomic E-state index is -0.221. The largest absolute Gasteiger partial charge is 0.396 e. The molecule has 0 aliphatic rings. The van der Waals surface area contributed by atoms with Crippen molar-refractivity contribution < 1.29 is 5.11 Å². The molecule has 0 amide bonds. The molecule has 5 heteroatoms. The smallest absolute Gasteiger partial charge is 0.147 e. The molecule has 0 saturated carbocycles. The van der Waals surface area contributed by atoms with Crippen LogP contribution in [0.2, 0.25) is 0 Å². The van der Waals surface area contributed by atoms with E-state index >= 15 is 0 Å². The van der Waals surface area contributed by atoms with Crippen LogP contribution in [-0.4, -0.2) is 26.5 Å². The zero-order valence-corrected chi connectivity index (χ0v) is 7.36. The third-order valence-corrected chi connectivity index (χ3v) is 1.67. The molecule has 5 nitrogen and oxygen atoms in total. The maximum atomic E-state index is 8.66. The van der Waals surface area contributed by atoms with Crippen LogP contribution in [0.15, 0.2) is 0 Å². The summed E-state index contributed by atoms with van der Waals surface area (Å²) in [6, 6.07) is -0.221. The summed E-state index contributed by atoms with van der Waals surface area (Å²) in [6.45, 7) is 1.89. The molecule has 0 aromatic carbocycles. The fourth-order valence-electron chi connectivity index (χ4n) is 1.12. The first kappa shape index (κ1) is 9.15. The molecule has 0 saturated heterocycles. The van der Waals surface area contributed by atoms with Crippen molar-refractivity contribution in [3.05, 3.63) is 11.6 Å². The lowest BCUT2D eigenvalue weighted by Gasteiger charge is -2.07. The number of rotatable bonds is 3. The Morgan fingerprint density at radius 1 is 1.67 bits per heavy atom. The van der Waals surface area contributed by atoms with Crippen LogP contribution in [0.3, 0.4) is 0 Å². The van der Waals surface area contributed by atoms with Crippen LogP contribution >= 0.6 is 0 Å². The Balaban J connectivity index is 2.79. The van der Waals surface area contributed by atoms with Gasteiger partial charge in [-0.2, -0.15) is 5.10 Å². The van der Waals surface area contributed by atoms with Gasteiger partial charge in [0.1, 0.15) is 11.6 Å². The Labute approximate surface area is 71.2 Å². The number of aliphatic hydroxyl groups is 1. The highest BCUT2D eigenvalue weighted by atomic mass is 16.3. The van der Waals surface area contributed by atoms with Crippen molar-refractivity contribution in [1.29, 1.82) is 0 Å². The second kappa shape index (κ2) is 3.64. The van der Waals surface area contributed by atoms with Crippen LogP contribution in [0.5, 0.6) is 0 Å². The molecule has 1 atom stereocenters. The van der Waals surface area contributed by atoms with Gasteiger partial charge in [-0.1, -0.05) is 0 Å². The van der Waals surface area contributed by atoms with Crippen molar-refractivity contribution in [2.75, 3.05) is 6.61 Å². The molecular weight excluding hydrogens is 156 g/mol. The van der Waals surface area contributed by atoms with Gasteiger partial charge < -0.3 is 10.8 Å². The highest BCUT2D eigenvalue weighted by molar-refractivity contribution is 4.96. The van der Waals surface area contributed by atoms with Crippen molar-refractivity contribution in [3.8, 4) is 0 Å². The molecule has 68 valence electrons. The van der Waals surface area contributed by atoms with Gasteiger partial charge in [-0.15, -0.1) is 0 Å².